The van der Waals surface area contributed by atoms with E-state index >= 15 is 0 Å². The van der Waals surface area contributed by atoms with Gasteiger partial charge in [-0.05, 0) is 35.9 Å². The molecule has 50 heavy (non-hydrogen) atoms. The first-order chi connectivity index (χ1) is 24.8. The highest BCUT2D eigenvalue weighted by atomic mass is 32.1. The highest BCUT2D eigenvalue weighted by Gasteiger charge is 2.21. The van der Waals surface area contributed by atoms with Crippen molar-refractivity contribution in [3.05, 3.63) is 170 Å². The average Bonchev–Trinajstić information content (AvgIpc) is 3.74. The largest absolute Gasteiger partial charge is 0.308 e. The molecule has 0 saturated carbocycles. The number of nitrogens with zero attached hydrogens (tertiary/aromatic N) is 4. The number of para-hydroxylation sites is 3. The maximum absolute atomic E-state index is 5.13. The van der Waals surface area contributed by atoms with Crippen LogP contribution in [0.2, 0.25) is 0 Å². The number of rotatable bonds is 5. The molecule has 0 radical (unpaired) electrons. The van der Waals surface area contributed by atoms with Gasteiger partial charge in [-0.25, -0.2) is 15.0 Å². The van der Waals surface area contributed by atoms with Crippen LogP contribution in [0.5, 0.6) is 0 Å². The second-order valence-corrected chi connectivity index (χ2v) is 13.5. The summed E-state index contributed by atoms with van der Waals surface area (Å²) in [7, 11) is 0. The van der Waals surface area contributed by atoms with Crippen molar-refractivity contribution in [1.82, 2.24) is 19.5 Å². The lowest BCUT2D eigenvalue weighted by Gasteiger charge is -2.16. The summed E-state index contributed by atoms with van der Waals surface area (Å²) in [5, 5.41) is 5.01. The van der Waals surface area contributed by atoms with Crippen LogP contribution in [0.3, 0.4) is 0 Å². The van der Waals surface area contributed by atoms with Gasteiger partial charge in [0.2, 0.25) is 0 Å². The maximum Gasteiger partial charge on any atom is 0.166 e. The Morgan fingerprint density at radius 2 is 0.960 bits per heavy atom. The molecule has 0 saturated heterocycles. The minimum atomic E-state index is 0.628. The number of benzene rings is 7. The molecule has 5 heteroatoms. The molecule has 0 spiro atoms. The molecule has 0 N–H and O–H groups in total. The molecule has 0 aliphatic carbocycles. The highest BCUT2D eigenvalue weighted by Crippen LogP contribution is 2.42. The molecule has 0 fully saturated rings. The summed E-state index contributed by atoms with van der Waals surface area (Å²) in [6.07, 6.45) is 0. The van der Waals surface area contributed by atoms with Crippen LogP contribution in [-0.2, 0) is 0 Å². The standard InChI is InChI=1S/C45H28N4S/c1-3-14-29(15-4-1)43-46-44(30-16-5-2-6-17-30)48-45(47-43)37-20-8-11-24-39(37)49-38-23-10-7-18-33(38)36-22-13-21-32(42(36)49)31-26-27-35-34-19-9-12-25-40(34)50-41(35)28-31/h1-28H. The quantitative estimate of drug-likeness (QED) is 0.185. The third kappa shape index (κ3) is 4.63. The van der Waals surface area contributed by atoms with E-state index in [4.69, 9.17) is 15.0 Å². The summed E-state index contributed by atoms with van der Waals surface area (Å²) in [5.41, 5.74) is 8.49. The lowest BCUT2D eigenvalue weighted by atomic mass is 10.0. The summed E-state index contributed by atoms with van der Waals surface area (Å²) >= 11 is 1.85. The lowest BCUT2D eigenvalue weighted by Crippen LogP contribution is -2.04. The van der Waals surface area contributed by atoms with Crippen LogP contribution in [0, 0.1) is 0 Å². The van der Waals surface area contributed by atoms with Gasteiger partial charge in [0.1, 0.15) is 0 Å². The van der Waals surface area contributed by atoms with Crippen molar-refractivity contribution in [3.63, 3.8) is 0 Å². The van der Waals surface area contributed by atoms with Crippen LogP contribution >= 0.6 is 11.3 Å². The molecule has 0 amide bonds. The van der Waals surface area contributed by atoms with Gasteiger partial charge in [-0.3, -0.25) is 0 Å². The Labute approximate surface area is 292 Å². The van der Waals surface area contributed by atoms with E-state index in [9.17, 15) is 0 Å². The van der Waals surface area contributed by atoms with E-state index in [1.54, 1.807) is 0 Å². The Bertz CT molecular complexity index is 2810. The second-order valence-electron chi connectivity index (χ2n) is 12.4. The number of fused-ring (bicyclic) bond motifs is 6. The highest BCUT2D eigenvalue weighted by molar-refractivity contribution is 7.25. The van der Waals surface area contributed by atoms with Gasteiger partial charge in [0.15, 0.2) is 17.5 Å². The van der Waals surface area contributed by atoms with E-state index in [-0.39, 0.29) is 0 Å². The second kappa shape index (κ2) is 11.6. The van der Waals surface area contributed by atoms with Crippen molar-refractivity contribution in [2.75, 3.05) is 0 Å². The molecule has 0 atom stereocenters. The molecule has 3 aromatic heterocycles. The van der Waals surface area contributed by atoms with E-state index in [1.807, 2.05) is 72.0 Å². The van der Waals surface area contributed by atoms with Crippen molar-refractivity contribution in [1.29, 1.82) is 0 Å². The van der Waals surface area contributed by atoms with Crippen LogP contribution in [-0.4, -0.2) is 19.5 Å². The topological polar surface area (TPSA) is 43.6 Å². The van der Waals surface area contributed by atoms with Crippen molar-refractivity contribution < 1.29 is 0 Å². The Morgan fingerprint density at radius 1 is 0.380 bits per heavy atom. The normalized spacial score (nSPS) is 11.6. The first kappa shape index (κ1) is 28.6. The zero-order valence-electron chi connectivity index (χ0n) is 26.9. The summed E-state index contributed by atoms with van der Waals surface area (Å²) < 4.78 is 5.00. The first-order valence-corrected chi connectivity index (χ1v) is 17.5. The molecule has 10 rings (SSSR count). The van der Waals surface area contributed by atoms with E-state index in [0.717, 1.165) is 33.4 Å². The van der Waals surface area contributed by atoms with Crippen LogP contribution in [0.25, 0.3) is 93.0 Å². The van der Waals surface area contributed by atoms with Crippen molar-refractivity contribution >= 4 is 53.3 Å². The molecule has 0 unspecified atom stereocenters. The molecule has 3 heterocycles. The summed E-state index contributed by atoms with van der Waals surface area (Å²) in [5.74, 6) is 1.91. The first-order valence-electron chi connectivity index (χ1n) is 16.7. The zero-order chi connectivity index (χ0) is 33.0. The third-order valence-corrected chi connectivity index (χ3v) is 10.6. The van der Waals surface area contributed by atoms with E-state index in [2.05, 4.69) is 114 Å². The van der Waals surface area contributed by atoms with Gasteiger partial charge in [-0.2, -0.15) is 0 Å². The molecule has 0 aliphatic rings. The summed E-state index contributed by atoms with van der Waals surface area (Å²) in [4.78, 5) is 15.2. The van der Waals surface area contributed by atoms with Gasteiger partial charge in [0.05, 0.1) is 16.7 Å². The minimum absolute atomic E-state index is 0.628. The van der Waals surface area contributed by atoms with E-state index in [1.165, 1.54) is 42.1 Å². The minimum Gasteiger partial charge on any atom is -0.308 e. The number of aromatic nitrogens is 4. The van der Waals surface area contributed by atoms with Crippen molar-refractivity contribution in [2.45, 2.75) is 0 Å². The molecule has 7 aromatic carbocycles. The van der Waals surface area contributed by atoms with Crippen molar-refractivity contribution in [2.24, 2.45) is 0 Å². The predicted molar refractivity (Wildman–Crippen MR) is 209 cm³/mol. The fourth-order valence-electron chi connectivity index (χ4n) is 7.18. The van der Waals surface area contributed by atoms with Gasteiger partial charge in [-0.1, -0.05) is 140 Å². The SMILES string of the molecule is c1ccc(-c2nc(-c3ccccc3)nc(-c3ccccc3-n3c4ccccc4c4cccc(-c5ccc6c(c5)sc5ccccc56)c43)n2)cc1. The lowest BCUT2D eigenvalue weighted by molar-refractivity contribution is 1.06. The maximum atomic E-state index is 5.13. The van der Waals surface area contributed by atoms with Gasteiger partial charge in [-0.15, -0.1) is 11.3 Å². The van der Waals surface area contributed by atoms with E-state index < -0.39 is 0 Å². The monoisotopic (exact) mass is 656 g/mol. The molecule has 4 nitrogen and oxygen atoms in total. The smallest absolute Gasteiger partial charge is 0.166 e. The Morgan fingerprint density at radius 3 is 1.74 bits per heavy atom. The molecule has 234 valence electrons. The third-order valence-electron chi connectivity index (χ3n) is 9.47. The van der Waals surface area contributed by atoms with E-state index in [0.29, 0.717) is 17.5 Å². The Hall–Kier alpha value is -6.43. The number of thiophene rings is 1. The molecule has 10 aromatic rings. The average molecular weight is 657 g/mol. The Balaban J connectivity index is 1.24. The zero-order valence-corrected chi connectivity index (χ0v) is 27.7. The molecular weight excluding hydrogens is 629 g/mol. The summed E-state index contributed by atoms with van der Waals surface area (Å²) in [6.45, 7) is 0. The fourth-order valence-corrected chi connectivity index (χ4v) is 8.33. The van der Waals surface area contributed by atoms with Crippen LogP contribution < -0.4 is 0 Å². The molecular formula is C45H28N4S. The van der Waals surface area contributed by atoms with Crippen molar-refractivity contribution in [3.8, 4) is 51.0 Å². The van der Waals surface area contributed by atoms with Crippen LogP contribution in [0.15, 0.2) is 170 Å². The Kier molecular flexibility index (Phi) is 6.64. The molecule has 0 aliphatic heterocycles. The number of hydrogen-bond acceptors (Lipinski definition) is 4. The predicted octanol–water partition coefficient (Wildman–Crippen LogP) is 12.0. The van der Waals surface area contributed by atoms with Gasteiger partial charge < -0.3 is 4.57 Å². The van der Waals surface area contributed by atoms with Gasteiger partial charge >= 0.3 is 0 Å². The van der Waals surface area contributed by atoms with Gasteiger partial charge in [0.25, 0.3) is 0 Å². The van der Waals surface area contributed by atoms with Crippen LogP contribution in [0.4, 0.5) is 0 Å². The number of hydrogen-bond donors (Lipinski definition) is 0. The van der Waals surface area contributed by atoms with Crippen LogP contribution in [0.1, 0.15) is 0 Å². The fraction of sp³-hybridized carbons (Fsp3) is 0. The summed E-state index contributed by atoms with van der Waals surface area (Å²) in [6, 6.07) is 59.7. The molecule has 0 bridgehead atoms. The van der Waals surface area contributed by atoms with Gasteiger partial charge in [0, 0.05) is 53.2 Å².